The molecule has 1 atom stereocenters. The average molecular weight is 478 g/mol. The van der Waals surface area contributed by atoms with Gasteiger partial charge in [-0.3, -0.25) is 9.59 Å². The summed E-state index contributed by atoms with van der Waals surface area (Å²) in [6, 6.07) is 16.5. The highest BCUT2D eigenvalue weighted by atomic mass is 16.5. The van der Waals surface area contributed by atoms with Crippen LogP contribution in [0.2, 0.25) is 0 Å². The Bertz CT molecular complexity index is 1130. The molecule has 0 aliphatic carbocycles. The molecule has 10 nitrogen and oxygen atoms in total. The fourth-order valence-electron chi connectivity index (χ4n) is 3.99. The maximum Gasteiger partial charge on any atom is 0.249 e. The van der Waals surface area contributed by atoms with Crippen molar-refractivity contribution in [3.8, 4) is 11.4 Å². The standard InChI is InChI=1S/C25H31N7O3/c1-18(2)23(32-28-24(27-29-32)19-7-5-4-6-8-19)25(34)30(3)17-22(33)26-20-9-11-21(12-10-20)31-13-15-35-16-14-31/h4-12,18,23H,13-17H2,1-3H3,(H,26,33). The van der Waals surface area contributed by atoms with Crippen molar-refractivity contribution < 1.29 is 14.3 Å². The third-order valence-corrected chi connectivity index (χ3v) is 5.88. The number of aromatic nitrogens is 4. The normalized spacial score (nSPS) is 14.6. The van der Waals surface area contributed by atoms with E-state index in [0.29, 0.717) is 24.7 Å². The Morgan fingerprint density at radius 3 is 2.40 bits per heavy atom. The SMILES string of the molecule is CC(C)C(C(=O)N(C)CC(=O)Nc1ccc(N2CCOCC2)cc1)n1nnc(-c2ccccc2)n1. The Labute approximate surface area is 204 Å². The van der Waals surface area contributed by atoms with Crippen LogP contribution in [0.3, 0.4) is 0 Å². The van der Waals surface area contributed by atoms with E-state index in [1.54, 1.807) is 7.05 Å². The number of rotatable bonds is 8. The number of ether oxygens (including phenoxy) is 1. The Kier molecular flexibility index (Phi) is 7.71. The molecule has 1 aliphatic heterocycles. The molecule has 10 heteroatoms. The molecule has 184 valence electrons. The van der Waals surface area contributed by atoms with Gasteiger partial charge in [0.15, 0.2) is 6.04 Å². The Balaban J connectivity index is 1.37. The van der Waals surface area contributed by atoms with Crippen molar-refractivity contribution in [3.05, 3.63) is 54.6 Å². The quantitative estimate of drug-likeness (QED) is 0.531. The van der Waals surface area contributed by atoms with Gasteiger partial charge in [0.05, 0.1) is 19.8 Å². The summed E-state index contributed by atoms with van der Waals surface area (Å²) in [6.45, 7) is 6.87. The number of benzene rings is 2. The lowest BCUT2D eigenvalue weighted by molar-refractivity contribution is -0.138. The number of hydrogen-bond acceptors (Lipinski definition) is 7. The van der Waals surface area contributed by atoms with Gasteiger partial charge in [-0.1, -0.05) is 44.2 Å². The van der Waals surface area contributed by atoms with Crippen molar-refractivity contribution in [2.24, 2.45) is 5.92 Å². The van der Waals surface area contributed by atoms with E-state index in [-0.39, 0.29) is 24.3 Å². The zero-order valence-corrected chi connectivity index (χ0v) is 20.3. The fraction of sp³-hybridized carbons (Fsp3) is 0.400. The first-order valence-electron chi connectivity index (χ1n) is 11.7. The topological polar surface area (TPSA) is 105 Å². The molecule has 2 aromatic carbocycles. The van der Waals surface area contributed by atoms with E-state index in [0.717, 1.165) is 24.3 Å². The van der Waals surface area contributed by atoms with Gasteiger partial charge in [-0.2, -0.15) is 4.80 Å². The molecule has 4 rings (SSSR count). The summed E-state index contributed by atoms with van der Waals surface area (Å²) >= 11 is 0. The molecule has 3 aromatic rings. The summed E-state index contributed by atoms with van der Waals surface area (Å²) in [7, 11) is 1.61. The Morgan fingerprint density at radius 1 is 1.06 bits per heavy atom. The van der Waals surface area contributed by atoms with Crippen LogP contribution < -0.4 is 10.2 Å². The lowest BCUT2D eigenvalue weighted by atomic mass is 10.0. The van der Waals surface area contributed by atoms with Gasteiger partial charge >= 0.3 is 0 Å². The van der Waals surface area contributed by atoms with Crippen molar-refractivity contribution in [1.29, 1.82) is 0 Å². The van der Waals surface area contributed by atoms with Crippen LogP contribution in [0, 0.1) is 5.92 Å². The summed E-state index contributed by atoms with van der Waals surface area (Å²) in [4.78, 5) is 30.9. The highest BCUT2D eigenvalue weighted by Gasteiger charge is 2.30. The van der Waals surface area contributed by atoms with Crippen LogP contribution in [0.4, 0.5) is 11.4 Å². The number of carbonyl (C=O) groups is 2. The zero-order chi connectivity index (χ0) is 24.8. The molecule has 0 saturated carbocycles. The lowest BCUT2D eigenvalue weighted by Gasteiger charge is -2.29. The van der Waals surface area contributed by atoms with Gasteiger partial charge in [0, 0.05) is 37.1 Å². The third-order valence-electron chi connectivity index (χ3n) is 5.88. The summed E-state index contributed by atoms with van der Waals surface area (Å²) < 4.78 is 5.39. The second kappa shape index (κ2) is 11.1. The third kappa shape index (κ3) is 6.02. The molecule has 0 spiro atoms. The van der Waals surface area contributed by atoms with E-state index in [9.17, 15) is 9.59 Å². The van der Waals surface area contributed by atoms with E-state index in [2.05, 4.69) is 25.6 Å². The van der Waals surface area contributed by atoms with Crippen LogP contribution in [-0.4, -0.2) is 76.8 Å². The minimum absolute atomic E-state index is 0.0898. The summed E-state index contributed by atoms with van der Waals surface area (Å²) in [5, 5.41) is 15.5. The molecule has 1 aliphatic rings. The maximum absolute atomic E-state index is 13.2. The van der Waals surface area contributed by atoms with Gasteiger partial charge in [-0.05, 0) is 35.4 Å². The van der Waals surface area contributed by atoms with Crippen molar-refractivity contribution in [3.63, 3.8) is 0 Å². The zero-order valence-electron chi connectivity index (χ0n) is 20.3. The first kappa shape index (κ1) is 24.3. The first-order valence-corrected chi connectivity index (χ1v) is 11.7. The van der Waals surface area contributed by atoms with Crippen LogP contribution in [0.15, 0.2) is 54.6 Å². The van der Waals surface area contributed by atoms with Crippen LogP contribution in [0.25, 0.3) is 11.4 Å². The lowest BCUT2D eigenvalue weighted by Crippen LogP contribution is -2.41. The smallest absolute Gasteiger partial charge is 0.249 e. The number of anilines is 2. The maximum atomic E-state index is 13.2. The van der Waals surface area contributed by atoms with Gasteiger partial charge in [0.2, 0.25) is 17.6 Å². The number of hydrogen-bond donors (Lipinski definition) is 1. The van der Waals surface area contributed by atoms with Gasteiger partial charge < -0.3 is 19.9 Å². The van der Waals surface area contributed by atoms with E-state index in [4.69, 9.17) is 4.74 Å². The molecular formula is C25H31N7O3. The summed E-state index contributed by atoms with van der Waals surface area (Å²) in [5.74, 6) is -0.183. The molecule has 1 aromatic heterocycles. The largest absolute Gasteiger partial charge is 0.378 e. The van der Waals surface area contributed by atoms with Gasteiger partial charge in [-0.15, -0.1) is 10.2 Å². The van der Waals surface area contributed by atoms with E-state index < -0.39 is 6.04 Å². The molecule has 2 amide bonds. The Hall–Kier alpha value is -3.79. The number of tetrazole rings is 1. The van der Waals surface area contributed by atoms with Gasteiger partial charge in [-0.25, -0.2) is 0 Å². The number of morpholine rings is 1. The fourth-order valence-corrected chi connectivity index (χ4v) is 3.99. The molecule has 1 N–H and O–H groups in total. The van der Waals surface area contributed by atoms with Crippen LogP contribution in [-0.2, 0) is 14.3 Å². The molecule has 1 unspecified atom stereocenters. The van der Waals surface area contributed by atoms with Gasteiger partial charge in [0.25, 0.3) is 0 Å². The average Bonchev–Trinajstić information content (AvgIpc) is 3.35. The minimum Gasteiger partial charge on any atom is -0.378 e. The first-order chi connectivity index (χ1) is 16.9. The molecule has 1 saturated heterocycles. The number of nitrogens with one attached hydrogen (secondary N) is 1. The number of nitrogens with zero attached hydrogens (tertiary/aromatic N) is 6. The highest BCUT2D eigenvalue weighted by molar-refractivity contribution is 5.95. The monoisotopic (exact) mass is 477 g/mol. The van der Waals surface area contributed by atoms with Crippen LogP contribution in [0.1, 0.15) is 19.9 Å². The van der Waals surface area contributed by atoms with Crippen molar-refractivity contribution in [2.75, 3.05) is 50.1 Å². The van der Waals surface area contributed by atoms with Crippen LogP contribution >= 0.6 is 0 Å². The number of likely N-dealkylation sites (N-methyl/N-ethyl adjacent to an activating group) is 1. The minimum atomic E-state index is -0.675. The molecular weight excluding hydrogens is 446 g/mol. The second-order valence-corrected chi connectivity index (χ2v) is 8.88. The summed E-state index contributed by atoms with van der Waals surface area (Å²) in [6.07, 6.45) is 0. The second-order valence-electron chi connectivity index (χ2n) is 8.88. The highest BCUT2D eigenvalue weighted by Crippen LogP contribution is 2.21. The van der Waals surface area contributed by atoms with E-state index in [1.165, 1.54) is 9.70 Å². The predicted molar refractivity (Wildman–Crippen MR) is 133 cm³/mol. The molecule has 0 bridgehead atoms. The van der Waals surface area contributed by atoms with Crippen molar-refractivity contribution >= 4 is 23.2 Å². The number of amides is 2. The molecule has 0 radical (unpaired) electrons. The van der Waals surface area contributed by atoms with Gasteiger partial charge in [0.1, 0.15) is 0 Å². The number of carbonyl (C=O) groups excluding carboxylic acids is 2. The summed E-state index contributed by atoms with van der Waals surface area (Å²) in [5.41, 5.74) is 2.59. The van der Waals surface area contributed by atoms with E-state index in [1.807, 2.05) is 68.4 Å². The van der Waals surface area contributed by atoms with Crippen molar-refractivity contribution in [1.82, 2.24) is 25.1 Å². The predicted octanol–water partition coefficient (Wildman–Crippen LogP) is 2.47. The van der Waals surface area contributed by atoms with Crippen LogP contribution in [0.5, 0.6) is 0 Å². The molecule has 35 heavy (non-hydrogen) atoms. The molecule has 1 fully saturated rings. The van der Waals surface area contributed by atoms with E-state index >= 15 is 0 Å². The van der Waals surface area contributed by atoms with Crippen molar-refractivity contribution in [2.45, 2.75) is 19.9 Å². The molecule has 2 heterocycles. The Morgan fingerprint density at radius 2 is 1.74 bits per heavy atom.